The number of halogens is 4. The summed E-state index contributed by atoms with van der Waals surface area (Å²) in [6.07, 6.45) is -4.71. The summed E-state index contributed by atoms with van der Waals surface area (Å²) in [6.45, 7) is 8.00. The van der Waals surface area contributed by atoms with Crippen molar-refractivity contribution in [2.45, 2.75) is 38.6 Å². The summed E-state index contributed by atoms with van der Waals surface area (Å²) >= 11 is 0. The number of nitrogens with zero attached hydrogens (tertiary/aromatic N) is 3. The number of guanidine groups is 1. The van der Waals surface area contributed by atoms with Gasteiger partial charge in [-0.25, -0.2) is 4.79 Å². The lowest BCUT2D eigenvalue weighted by Gasteiger charge is -2.39. The maximum atomic E-state index is 12.8. The molecule has 1 atom stereocenters. The van der Waals surface area contributed by atoms with E-state index >= 15 is 0 Å². The molecule has 0 aliphatic carbocycles. The van der Waals surface area contributed by atoms with E-state index in [1.165, 1.54) is 6.07 Å². The zero-order valence-corrected chi connectivity index (χ0v) is 20.0. The molecule has 2 heterocycles. The zero-order valence-electron chi connectivity index (χ0n) is 17.6. The number of amides is 1. The van der Waals surface area contributed by atoms with Gasteiger partial charge in [-0.1, -0.05) is 17.9 Å². The number of hydrogen-bond donors (Lipinski definition) is 1. The molecular weight excluding hydrogens is 524 g/mol. The molecule has 0 saturated carbocycles. The second-order valence-electron chi connectivity index (χ2n) is 8.17. The maximum absolute atomic E-state index is 12.8. The molecule has 1 N–H and O–H groups in total. The van der Waals surface area contributed by atoms with Crippen molar-refractivity contribution in [3.63, 3.8) is 0 Å². The van der Waals surface area contributed by atoms with Gasteiger partial charge in [0.1, 0.15) is 5.60 Å². The molecule has 1 aromatic rings. The third-order valence-corrected chi connectivity index (χ3v) is 4.62. The highest BCUT2D eigenvalue weighted by atomic mass is 127. The van der Waals surface area contributed by atoms with Crippen molar-refractivity contribution in [1.29, 1.82) is 0 Å². The van der Waals surface area contributed by atoms with E-state index in [9.17, 15) is 18.0 Å². The molecule has 1 fully saturated rings. The molecule has 1 unspecified atom stereocenters. The molecule has 6 nitrogen and oxygen atoms in total. The fraction of sp³-hybridized carbons (Fsp3) is 0.524. The summed E-state index contributed by atoms with van der Waals surface area (Å²) in [4.78, 5) is 20.5. The van der Waals surface area contributed by atoms with Crippen LogP contribution in [0.2, 0.25) is 0 Å². The fourth-order valence-corrected chi connectivity index (χ4v) is 3.27. The standard InChI is InChI=1S/C21H25F3N4O2.HI/c1-20(2,3)30-19(29)27-10-11-28-17(14-27)13-26-18(28)25-9-5-7-15-6-4-8-16(12-15)21(22,23)24;/h4,6,8,12,17H,9-11,13-14H2,1-3H3,(H,25,26);1H. The van der Waals surface area contributed by atoms with Crippen LogP contribution in [0, 0.1) is 11.8 Å². The lowest BCUT2D eigenvalue weighted by molar-refractivity contribution is -0.137. The van der Waals surface area contributed by atoms with Crippen LogP contribution in [-0.4, -0.2) is 66.2 Å². The van der Waals surface area contributed by atoms with E-state index in [4.69, 9.17) is 4.74 Å². The van der Waals surface area contributed by atoms with Crippen LogP contribution in [0.5, 0.6) is 0 Å². The minimum atomic E-state index is -4.38. The van der Waals surface area contributed by atoms with Crippen LogP contribution in [0.3, 0.4) is 0 Å². The number of hydrogen-bond acceptors (Lipinski definition) is 5. The summed E-state index contributed by atoms with van der Waals surface area (Å²) in [7, 11) is 0. The van der Waals surface area contributed by atoms with Crippen molar-refractivity contribution in [2.24, 2.45) is 4.99 Å². The van der Waals surface area contributed by atoms with Crippen LogP contribution in [-0.2, 0) is 10.9 Å². The predicted octanol–water partition coefficient (Wildman–Crippen LogP) is 3.56. The topological polar surface area (TPSA) is 57.2 Å². The molecule has 170 valence electrons. The summed E-state index contributed by atoms with van der Waals surface area (Å²) in [6, 6.07) is 5.02. The first-order valence-corrected chi connectivity index (χ1v) is 9.72. The lowest BCUT2D eigenvalue weighted by Crippen LogP contribution is -2.57. The van der Waals surface area contributed by atoms with Gasteiger partial charge in [0.2, 0.25) is 0 Å². The van der Waals surface area contributed by atoms with Gasteiger partial charge in [-0.2, -0.15) is 13.2 Å². The Morgan fingerprint density at radius 3 is 2.71 bits per heavy atom. The highest BCUT2D eigenvalue weighted by molar-refractivity contribution is 14.0. The molecule has 1 amide bonds. The van der Waals surface area contributed by atoms with Crippen molar-refractivity contribution in [3.05, 3.63) is 35.4 Å². The third kappa shape index (κ3) is 6.92. The average molecular weight is 550 g/mol. The Hall–Kier alpha value is -2.16. The number of alkyl halides is 3. The van der Waals surface area contributed by atoms with Gasteiger partial charge in [0, 0.05) is 25.2 Å². The first-order chi connectivity index (χ1) is 14.0. The molecule has 0 aromatic heterocycles. The van der Waals surface area contributed by atoms with Gasteiger partial charge in [0.15, 0.2) is 5.96 Å². The van der Waals surface area contributed by atoms with E-state index in [1.54, 1.807) is 11.0 Å². The van der Waals surface area contributed by atoms with E-state index in [-0.39, 0.29) is 42.7 Å². The number of benzene rings is 1. The predicted molar refractivity (Wildman–Crippen MR) is 122 cm³/mol. The highest BCUT2D eigenvalue weighted by Crippen LogP contribution is 2.29. The molecule has 2 aliphatic rings. The van der Waals surface area contributed by atoms with Crippen LogP contribution in [0.4, 0.5) is 18.0 Å². The van der Waals surface area contributed by atoms with Crippen LogP contribution >= 0.6 is 24.0 Å². The molecule has 2 aliphatic heterocycles. The second kappa shape index (κ2) is 9.97. The summed E-state index contributed by atoms with van der Waals surface area (Å²) in [5.41, 5.74) is -0.942. The Morgan fingerprint density at radius 1 is 1.29 bits per heavy atom. The molecule has 3 rings (SSSR count). The monoisotopic (exact) mass is 550 g/mol. The first-order valence-electron chi connectivity index (χ1n) is 9.72. The Morgan fingerprint density at radius 2 is 2.03 bits per heavy atom. The van der Waals surface area contributed by atoms with Crippen LogP contribution < -0.4 is 5.32 Å². The lowest BCUT2D eigenvalue weighted by atomic mass is 10.1. The Balaban J connectivity index is 0.00000341. The summed E-state index contributed by atoms with van der Waals surface area (Å²) in [5.74, 6) is 6.27. The number of fused-ring (bicyclic) bond motifs is 1. The van der Waals surface area contributed by atoms with Crippen LogP contribution in [0.25, 0.3) is 0 Å². The van der Waals surface area contributed by atoms with E-state index in [2.05, 4.69) is 27.0 Å². The van der Waals surface area contributed by atoms with Gasteiger partial charge in [-0.3, -0.25) is 4.99 Å². The normalized spacial score (nSPS) is 18.3. The third-order valence-electron chi connectivity index (χ3n) is 4.62. The molecule has 1 aromatic carbocycles. The van der Waals surface area contributed by atoms with E-state index in [0.29, 0.717) is 37.7 Å². The largest absolute Gasteiger partial charge is 0.444 e. The van der Waals surface area contributed by atoms with Crippen molar-refractivity contribution in [1.82, 2.24) is 15.1 Å². The number of nitrogens with one attached hydrogen (secondary N) is 1. The molecule has 1 saturated heterocycles. The maximum Gasteiger partial charge on any atom is 0.416 e. The Labute approximate surface area is 197 Å². The highest BCUT2D eigenvalue weighted by Gasteiger charge is 2.36. The van der Waals surface area contributed by atoms with Gasteiger partial charge < -0.3 is 19.9 Å². The minimum absolute atomic E-state index is 0. The number of carbonyl (C=O) groups excluding carboxylic acids is 1. The second-order valence-corrected chi connectivity index (χ2v) is 8.17. The van der Waals surface area contributed by atoms with Crippen molar-refractivity contribution >= 4 is 36.0 Å². The summed E-state index contributed by atoms with van der Waals surface area (Å²) in [5, 5.41) is 3.12. The average Bonchev–Trinajstić information content (AvgIpc) is 3.06. The fourth-order valence-electron chi connectivity index (χ4n) is 3.27. The first kappa shape index (κ1) is 25.1. The summed E-state index contributed by atoms with van der Waals surface area (Å²) < 4.78 is 43.7. The smallest absolute Gasteiger partial charge is 0.416 e. The molecule has 31 heavy (non-hydrogen) atoms. The molecule has 0 spiro atoms. The van der Waals surface area contributed by atoms with Crippen molar-refractivity contribution in [3.8, 4) is 11.8 Å². The number of carbonyl (C=O) groups is 1. The van der Waals surface area contributed by atoms with E-state index in [1.807, 2.05) is 20.8 Å². The number of aliphatic imine (C=N–C) groups is 1. The molecule has 0 bridgehead atoms. The number of ether oxygens (including phenoxy) is 1. The van der Waals surface area contributed by atoms with Crippen molar-refractivity contribution < 1.29 is 22.7 Å². The van der Waals surface area contributed by atoms with Crippen LogP contribution in [0.1, 0.15) is 31.9 Å². The zero-order chi connectivity index (χ0) is 21.9. The van der Waals surface area contributed by atoms with Gasteiger partial charge in [0.25, 0.3) is 0 Å². The van der Waals surface area contributed by atoms with Gasteiger partial charge >= 0.3 is 12.3 Å². The van der Waals surface area contributed by atoms with E-state index in [0.717, 1.165) is 12.1 Å². The SMILES string of the molecule is CC(C)(C)OC(=O)N1CCN2C(NCC#Cc3cccc(C(F)(F)F)c3)=NCC2C1.I. The number of rotatable bonds is 1. The molecular formula is C21H26F3IN4O2. The van der Waals surface area contributed by atoms with Crippen LogP contribution in [0.15, 0.2) is 29.3 Å². The molecule has 0 radical (unpaired) electrons. The Kier molecular flexibility index (Phi) is 8.08. The van der Waals surface area contributed by atoms with Gasteiger partial charge in [-0.15, -0.1) is 24.0 Å². The quantitative estimate of drug-likeness (QED) is 0.430. The minimum Gasteiger partial charge on any atom is -0.444 e. The number of piperazine rings is 1. The Bertz CT molecular complexity index is 887. The van der Waals surface area contributed by atoms with Gasteiger partial charge in [0.05, 0.1) is 24.7 Å². The van der Waals surface area contributed by atoms with E-state index < -0.39 is 17.3 Å². The van der Waals surface area contributed by atoms with Crippen molar-refractivity contribution in [2.75, 3.05) is 32.7 Å². The van der Waals surface area contributed by atoms with Gasteiger partial charge in [-0.05, 0) is 39.0 Å². The molecule has 10 heteroatoms.